The Kier molecular flexibility index (Phi) is 3.57. The van der Waals surface area contributed by atoms with Crippen LogP contribution in [0.4, 0.5) is 5.69 Å². The smallest absolute Gasteiger partial charge is 0.239 e. The Morgan fingerprint density at radius 2 is 2.11 bits per heavy atom. The molecule has 2 rings (SSSR count). The van der Waals surface area contributed by atoms with Crippen molar-refractivity contribution < 1.29 is 9.59 Å². The first kappa shape index (κ1) is 13.5. The molecule has 0 atom stereocenters. The Labute approximate surface area is 112 Å². The molecule has 0 unspecified atom stereocenters. The zero-order chi connectivity index (χ0) is 14.0. The molecule has 3 N–H and O–H groups in total. The lowest BCUT2D eigenvalue weighted by Crippen LogP contribution is -2.50. The molecule has 0 saturated carbocycles. The molecule has 1 aliphatic rings. The van der Waals surface area contributed by atoms with E-state index in [1.807, 2.05) is 24.3 Å². The Balaban J connectivity index is 1.94. The van der Waals surface area contributed by atoms with Gasteiger partial charge in [0.25, 0.3) is 0 Å². The summed E-state index contributed by atoms with van der Waals surface area (Å²) in [6.07, 6.45) is 0.437. The number of hydrogen-bond donors (Lipinski definition) is 2. The quantitative estimate of drug-likeness (QED) is 0.825. The highest BCUT2D eigenvalue weighted by molar-refractivity contribution is 6.01. The first-order chi connectivity index (χ1) is 8.89. The van der Waals surface area contributed by atoms with Gasteiger partial charge >= 0.3 is 0 Å². The number of amides is 2. The molecule has 1 aromatic rings. The summed E-state index contributed by atoms with van der Waals surface area (Å²) >= 11 is 0. The number of carbonyl (C=O) groups excluding carboxylic acids is 2. The third kappa shape index (κ3) is 2.93. The number of anilines is 1. The summed E-state index contributed by atoms with van der Waals surface area (Å²) in [6, 6.07) is 7.71. The molecule has 2 amide bonds. The predicted octanol–water partition coefficient (Wildman–Crippen LogP) is 0.429. The van der Waals surface area contributed by atoms with Gasteiger partial charge in [0.05, 0.1) is 12.0 Å². The van der Waals surface area contributed by atoms with E-state index in [9.17, 15) is 9.59 Å². The third-order valence-electron chi connectivity index (χ3n) is 3.13. The number of nitrogens with zero attached hydrogens (tertiary/aromatic N) is 1. The standard InChI is InChI=1S/C14H19N3O2/c1-14(2,15)13(19)16-7-8-17-11-6-4-3-5-10(11)9-12(17)18/h3-6H,7-9,15H2,1-2H3,(H,16,19). The lowest BCUT2D eigenvalue weighted by atomic mass is 10.1. The molecule has 0 fully saturated rings. The highest BCUT2D eigenvalue weighted by Crippen LogP contribution is 2.27. The topological polar surface area (TPSA) is 75.4 Å². The summed E-state index contributed by atoms with van der Waals surface area (Å²) in [7, 11) is 0. The van der Waals surface area contributed by atoms with Crippen LogP contribution in [-0.2, 0) is 16.0 Å². The Hall–Kier alpha value is -1.88. The maximum absolute atomic E-state index is 11.9. The number of nitrogens with two attached hydrogens (primary N) is 1. The number of rotatable bonds is 4. The monoisotopic (exact) mass is 261 g/mol. The van der Waals surface area contributed by atoms with E-state index in [1.165, 1.54) is 0 Å². The van der Waals surface area contributed by atoms with Crippen LogP contribution in [0.25, 0.3) is 0 Å². The van der Waals surface area contributed by atoms with Crippen molar-refractivity contribution in [3.05, 3.63) is 29.8 Å². The average molecular weight is 261 g/mol. The van der Waals surface area contributed by atoms with Gasteiger partial charge in [-0.2, -0.15) is 0 Å². The minimum Gasteiger partial charge on any atom is -0.353 e. The molecule has 0 aliphatic carbocycles. The van der Waals surface area contributed by atoms with E-state index in [-0.39, 0.29) is 11.8 Å². The molecule has 1 heterocycles. The second-order valence-corrected chi connectivity index (χ2v) is 5.33. The van der Waals surface area contributed by atoms with Crippen molar-refractivity contribution in [2.75, 3.05) is 18.0 Å². The summed E-state index contributed by atoms with van der Waals surface area (Å²) in [4.78, 5) is 25.2. The van der Waals surface area contributed by atoms with Crippen LogP contribution in [-0.4, -0.2) is 30.4 Å². The van der Waals surface area contributed by atoms with Gasteiger partial charge in [-0.25, -0.2) is 0 Å². The number of fused-ring (bicyclic) bond motifs is 1. The van der Waals surface area contributed by atoms with E-state index >= 15 is 0 Å². The highest BCUT2D eigenvalue weighted by Gasteiger charge is 2.27. The summed E-state index contributed by atoms with van der Waals surface area (Å²) in [5.41, 5.74) is 6.77. The molecular weight excluding hydrogens is 242 g/mol. The van der Waals surface area contributed by atoms with Gasteiger partial charge in [-0.1, -0.05) is 18.2 Å². The van der Waals surface area contributed by atoms with E-state index in [0.29, 0.717) is 19.5 Å². The first-order valence-corrected chi connectivity index (χ1v) is 6.35. The molecule has 0 spiro atoms. The maximum atomic E-state index is 11.9. The van der Waals surface area contributed by atoms with E-state index in [2.05, 4.69) is 5.32 Å². The molecule has 0 aromatic heterocycles. The van der Waals surface area contributed by atoms with Gasteiger partial charge in [0.2, 0.25) is 11.8 Å². The molecule has 0 bridgehead atoms. The minimum atomic E-state index is -0.896. The normalized spacial score (nSPS) is 14.5. The lowest BCUT2D eigenvalue weighted by Gasteiger charge is -2.21. The maximum Gasteiger partial charge on any atom is 0.239 e. The van der Waals surface area contributed by atoms with Crippen LogP contribution < -0.4 is 16.0 Å². The molecular formula is C14H19N3O2. The van der Waals surface area contributed by atoms with Crippen molar-refractivity contribution in [1.82, 2.24) is 5.32 Å². The van der Waals surface area contributed by atoms with Gasteiger partial charge < -0.3 is 16.0 Å². The Bertz CT molecular complexity index is 506. The Morgan fingerprint density at radius 3 is 2.79 bits per heavy atom. The fourth-order valence-corrected chi connectivity index (χ4v) is 2.07. The van der Waals surface area contributed by atoms with Crippen molar-refractivity contribution in [2.45, 2.75) is 25.8 Å². The SMILES string of the molecule is CC(C)(N)C(=O)NCCN1C(=O)Cc2ccccc21. The van der Waals surface area contributed by atoms with Crippen LogP contribution in [0.15, 0.2) is 24.3 Å². The summed E-state index contributed by atoms with van der Waals surface area (Å²) in [5, 5.41) is 2.74. The Morgan fingerprint density at radius 1 is 1.42 bits per heavy atom. The number of benzene rings is 1. The molecule has 0 saturated heterocycles. The average Bonchev–Trinajstić information content (AvgIpc) is 2.64. The highest BCUT2D eigenvalue weighted by atomic mass is 16.2. The van der Waals surface area contributed by atoms with Crippen molar-refractivity contribution in [2.24, 2.45) is 5.73 Å². The second-order valence-electron chi connectivity index (χ2n) is 5.33. The van der Waals surface area contributed by atoms with Gasteiger partial charge in [-0.05, 0) is 25.5 Å². The van der Waals surface area contributed by atoms with Gasteiger partial charge in [0.1, 0.15) is 0 Å². The number of para-hydroxylation sites is 1. The first-order valence-electron chi connectivity index (χ1n) is 6.35. The van der Waals surface area contributed by atoms with Crippen LogP contribution in [0.5, 0.6) is 0 Å². The van der Waals surface area contributed by atoms with Crippen molar-refractivity contribution in [3.63, 3.8) is 0 Å². The van der Waals surface area contributed by atoms with Gasteiger partial charge in [0, 0.05) is 18.8 Å². The molecule has 19 heavy (non-hydrogen) atoms. The summed E-state index contributed by atoms with van der Waals surface area (Å²) in [6.45, 7) is 4.18. The van der Waals surface area contributed by atoms with Gasteiger partial charge in [-0.3, -0.25) is 9.59 Å². The van der Waals surface area contributed by atoms with E-state index in [0.717, 1.165) is 11.3 Å². The lowest BCUT2D eigenvalue weighted by molar-refractivity contribution is -0.125. The minimum absolute atomic E-state index is 0.0717. The van der Waals surface area contributed by atoms with Gasteiger partial charge in [-0.15, -0.1) is 0 Å². The van der Waals surface area contributed by atoms with Crippen LogP contribution in [0.2, 0.25) is 0 Å². The molecule has 1 aromatic carbocycles. The third-order valence-corrected chi connectivity index (χ3v) is 3.13. The molecule has 0 radical (unpaired) electrons. The number of hydrogen-bond acceptors (Lipinski definition) is 3. The van der Waals surface area contributed by atoms with Crippen LogP contribution in [0.3, 0.4) is 0 Å². The van der Waals surface area contributed by atoms with Crippen LogP contribution in [0.1, 0.15) is 19.4 Å². The summed E-state index contributed by atoms with van der Waals surface area (Å²) < 4.78 is 0. The second kappa shape index (κ2) is 5.01. The van der Waals surface area contributed by atoms with E-state index in [4.69, 9.17) is 5.73 Å². The predicted molar refractivity (Wildman–Crippen MR) is 73.8 cm³/mol. The molecule has 5 nitrogen and oxygen atoms in total. The van der Waals surface area contributed by atoms with E-state index in [1.54, 1.807) is 18.7 Å². The number of carbonyl (C=O) groups is 2. The number of nitrogens with one attached hydrogen (secondary N) is 1. The van der Waals surface area contributed by atoms with E-state index < -0.39 is 5.54 Å². The molecule has 102 valence electrons. The van der Waals surface area contributed by atoms with Gasteiger partial charge in [0.15, 0.2) is 0 Å². The van der Waals surface area contributed by atoms with Crippen LogP contribution in [0, 0.1) is 0 Å². The van der Waals surface area contributed by atoms with Crippen molar-refractivity contribution in [1.29, 1.82) is 0 Å². The van der Waals surface area contributed by atoms with Crippen molar-refractivity contribution >= 4 is 17.5 Å². The van der Waals surface area contributed by atoms with Crippen LogP contribution >= 0.6 is 0 Å². The molecule has 5 heteroatoms. The van der Waals surface area contributed by atoms with Crippen molar-refractivity contribution in [3.8, 4) is 0 Å². The molecule has 1 aliphatic heterocycles. The zero-order valence-corrected chi connectivity index (χ0v) is 11.3. The fraction of sp³-hybridized carbons (Fsp3) is 0.429. The largest absolute Gasteiger partial charge is 0.353 e. The fourth-order valence-electron chi connectivity index (χ4n) is 2.07. The summed E-state index contributed by atoms with van der Waals surface area (Å²) in [5.74, 6) is -0.144. The zero-order valence-electron chi connectivity index (χ0n) is 11.3.